The largest absolute Gasteiger partial charge is 0.454 e. The molecule has 1 saturated carbocycles. The van der Waals surface area contributed by atoms with Crippen molar-refractivity contribution in [1.29, 1.82) is 0 Å². The van der Waals surface area contributed by atoms with E-state index in [0.717, 1.165) is 31.7 Å². The van der Waals surface area contributed by atoms with Crippen molar-refractivity contribution in [2.45, 2.75) is 44.8 Å². The van der Waals surface area contributed by atoms with E-state index in [-0.39, 0.29) is 11.7 Å². The average Bonchev–Trinajstić information content (AvgIpc) is 2.65. The molecule has 1 amide bonds. The lowest BCUT2D eigenvalue weighted by Gasteiger charge is -2.29. The van der Waals surface area contributed by atoms with Crippen LogP contribution in [0.15, 0.2) is 18.2 Å². The highest BCUT2D eigenvalue weighted by molar-refractivity contribution is 5.82. The monoisotopic (exact) mass is 417 g/mol. The van der Waals surface area contributed by atoms with Gasteiger partial charge in [0.25, 0.3) is 11.6 Å². The number of anilines is 1. The van der Waals surface area contributed by atoms with Crippen molar-refractivity contribution in [1.82, 2.24) is 5.32 Å². The van der Waals surface area contributed by atoms with Crippen LogP contribution in [-0.2, 0) is 20.5 Å². The van der Waals surface area contributed by atoms with Gasteiger partial charge in [0.15, 0.2) is 6.61 Å². The lowest BCUT2D eigenvalue weighted by molar-refractivity contribution is -0.384. The van der Waals surface area contributed by atoms with Gasteiger partial charge in [0.05, 0.1) is 10.5 Å². The van der Waals surface area contributed by atoms with Gasteiger partial charge in [-0.1, -0.05) is 19.8 Å². The summed E-state index contributed by atoms with van der Waals surface area (Å²) >= 11 is 0. The molecule has 0 unspecified atom stereocenters. The van der Waals surface area contributed by atoms with Crippen LogP contribution >= 0.6 is 0 Å². The predicted molar refractivity (Wildman–Crippen MR) is 97.1 cm³/mol. The number of nitrogens with one attached hydrogen (secondary N) is 2. The molecule has 0 radical (unpaired) electrons. The minimum absolute atomic E-state index is 0.0304. The molecule has 2 rings (SSSR count). The topological polar surface area (TPSA) is 111 Å². The molecule has 160 valence electrons. The number of carbonyl (C=O) groups excluding carboxylic acids is 2. The smallest absolute Gasteiger partial charge is 0.416 e. The van der Waals surface area contributed by atoms with Crippen LogP contribution in [0.25, 0.3) is 0 Å². The van der Waals surface area contributed by atoms with Gasteiger partial charge in [0, 0.05) is 12.1 Å². The maximum absolute atomic E-state index is 12.7. The number of nitrogens with zero attached hydrogens (tertiary/aromatic N) is 1. The predicted octanol–water partition coefficient (Wildman–Crippen LogP) is 3.26. The van der Waals surface area contributed by atoms with E-state index in [2.05, 4.69) is 10.6 Å². The zero-order chi connectivity index (χ0) is 21.6. The Morgan fingerprint density at radius 2 is 1.97 bits per heavy atom. The fourth-order valence-corrected chi connectivity index (χ4v) is 3.15. The molecule has 0 aliphatic heterocycles. The number of carbonyl (C=O) groups is 2. The normalized spacial score (nSPS) is 19.3. The van der Waals surface area contributed by atoms with Crippen LogP contribution in [-0.4, -0.2) is 36.0 Å². The number of alkyl halides is 3. The maximum atomic E-state index is 12.7. The summed E-state index contributed by atoms with van der Waals surface area (Å²) in [5.41, 5.74) is -2.26. The lowest BCUT2D eigenvalue weighted by Crippen LogP contribution is -2.43. The Bertz CT molecular complexity index is 770. The van der Waals surface area contributed by atoms with Crippen molar-refractivity contribution in [3.63, 3.8) is 0 Å². The molecule has 1 aromatic rings. The van der Waals surface area contributed by atoms with Crippen LogP contribution < -0.4 is 10.6 Å². The molecular formula is C18H22F3N3O5. The molecule has 0 aromatic heterocycles. The summed E-state index contributed by atoms with van der Waals surface area (Å²) in [4.78, 5) is 33.7. The van der Waals surface area contributed by atoms with Gasteiger partial charge in [0.1, 0.15) is 12.2 Å². The zero-order valence-electron chi connectivity index (χ0n) is 15.8. The first kappa shape index (κ1) is 22.4. The van der Waals surface area contributed by atoms with Crippen molar-refractivity contribution in [2.75, 3.05) is 18.5 Å². The van der Waals surface area contributed by atoms with Gasteiger partial charge >= 0.3 is 12.1 Å². The van der Waals surface area contributed by atoms with Crippen LogP contribution in [0.5, 0.6) is 0 Å². The summed E-state index contributed by atoms with van der Waals surface area (Å²) < 4.78 is 42.9. The molecule has 0 bridgehead atoms. The molecule has 1 aromatic carbocycles. The van der Waals surface area contributed by atoms with Gasteiger partial charge in [-0.2, -0.15) is 13.2 Å². The van der Waals surface area contributed by atoms with Gasteiger partial charge in [-0.05, 0) is 30.9 Å². The average molecular weight is 417 g/mol. The van der Waals surface area contributed by atoms with Crippen molar-refractivity contribution >= 4 is 23.3 Å². The quantitative estimate of drug-likeness (QED) is 0.400. The summed E-state index contributed by atoms with van der Waals surface area (Å²) in [6, 6.07) is 1.94. The highest BCUT2D eigenvalue weighted by Crippen LogP contribution is 2.34. The first-order valence-corrected chi connectivity index (χ1v) is 9.12. The van der Waals surface area contributed by atoms with Gasteiger partial charge in [0.2, 0.25) is 0 Å². The summed E-state index contributed by atoms with van der Waals surface area (Å²) in [6.07, 6.45) is -0.721. The van der Waals surface area contributed by atoms with E-state index in [1.165, 1.54) is 0 Å². The summed E-state index contributed by atoms with van der Waals surface area (Å²) in [7, 11) is 0. The molecule has 0 saturated heterocycles. The van der Waals surface area contributed by atoms with Gasteiger partial charge in [-0.15, -0.1) is 0 Å². The Morgan fingerprint density at radius 3 is 2.59 bits per heavy atom. The molecule has 11 heteroatoms. The number of nitro benzene ring substituents is 1. The molecule has 1 aliphatic rings. The van der Waals surface area contributed by atoms with Crippen molar-refractivity contribution in [2.24, 2.45) is 5.92 Å². The van der Waals surface area contributed by atoms with Crippen LogP contribution in [0.4, 0.5) is 24.5 Å². The number of hydrogen-bond donors (Lipinski definition) is 2. The van der Waals surface area contributed by atoms with E-state index in [1.54, 1.807) is 0 Å². The highest BCUT2D eigenvalue weighted by atomic mass is 19.4. The van der Waals surface area contributed by atoms with Crippen molar-refractivity contribution in [3.8, 4) is 0 Å². The Hall–Kier alpha value is -2.85. The molecule has 0 spiro atoms. The lowest BCUT2D eigenvalue weighted by atomic mass is 9.86. The number of ether oxygens (including phenoxy) is 1. The first-order valence-electron chi connectivity index (χ1n) is 9.12. The second-order valence-electron chi connectivity index (χ2n) is 6.94. The highest BCUT2D eigenvalue weighted by Gasteiger charge is 2.33. The number of amides is 1. The van der Waals surface area contributed by atoms with Crippen LogP contribution in [0.2, 0.25) is 0 Å². The van der Waals surface area contributed by atoms with E-state index >= 15 is 0 Å². The molecule has 0 heterocycles. The third-order valence-electron chi connectivity index (χ3n) is 4.77. The van der Waals surface area contributed by atoms with E-state index in [1.807, 2.05) is 6.92 Å². The Balaban J connectivity index is 1.85. The van der Waals surface area contributed by atoms with Crippen LogP contribution in [0.3, 0.4) is 0 Å². The number of halogens is 3. The van der Waals surface area contributed by atoms with E-state index in [4.69, 9.17) is 4.74 Å². The molecular weight excluding hydrogens is 395 g/mol. The van der Waals surface area contributed by atoms with Crippen molar-refractivity contribution < 1.29 is 32.4 Å². The van der Waals surface area contributed by atoms with Crippen molar-refractivity contribution in [3.05, 3.63) is 33.9 Å². The summed E-state index contributed by atoms with van der Waals surface area (Å²) in [5.74, 6) is -0.978. The maximum Gasteiger partial charge on any atom is 0.416 e. The molecule has 1 fully saturated rings. The minimum Gasteiger partial charge on any atom is -0.454 e. The van der Waals surface area contributed by atoms with E-state index in [9.17, 15) is 32.9 Å². The summed E-state index contributed by atoms with van der Waals surface area (Å²) in [6.45, 7) is 0.995. The second-order valence-corrected chi connectivity index (χ2v) is 6.94. The molecule has 8 nitrogen and oxygen atoms in total. The SMILES string of the molecule is C[C@H]1CCCC[C@H]1NC(=O)COC(=O)CNc1ccc(C(F)(F)F)cc1[N+](=O)[O-]. The number of nitro groups is 1. The number of hydrogen-bond acceptors (Lipinski definition) is 6. The zero-order valence-corrected chi connectivity index (χ0v) is 15.8. The second kappa shape index (κ2) is 9.57. The van der Waals surface area contributed by atoms with Crippen LogP contribution in [0.1, 0.15) is 38.2 Å². The Kier molecular flexibility index (Phi) is 7.40. The molecule has 2 atom stereocenters. The number of rotatable bonds is 7. The fourth-order valence-electron chi connectivity index (χ4n) is 3.15. The van der Waals surface area contributed by atoms with E-state index in [0.29, 0.717) is 18.1 Å². The number of esters is 1. The molecule has 2 N–H and O–H groups in total. The third kappa shape index (κ3) is 6.61. The van der Waals surface area contributed by atoms with Gasteiger partial charge < -0.3 is 15.4 Å². The van der Waals surface area contributed by atoms with Crippen LogP contribution in [0, 0.1) is 16.0 Å². The summed E-state index contributed by atoms with van der Waals surface area (Å²) in [5, 5.41) is 16.2. The van der Waals surface area contributed by atoms with Gasteiger partial charge in [-0.25, -0.2) is 0 Å². The van der Waals surface area contributed by atoms with E-state index < -0.39 is 47.4 Å². The number of benzene rings is 1. The van der Waals surface area contributed by atoms with Gasteiger partial charge in [-0.3, -0.25) is 19.7 Å². The standard InChI is InChI=1S/C18H22F3N3O5/c1-11-4-2-3-5-13(11)23-16(25)10-29-17(26)9-22-14-7-6-12(18(19,20)21)8-15(14)24(27)28/h6-8,11,13,22H,2-5,9-10H2,1H3,(H,23,25)/t11-,13+/m0/s1. The Morgan fingerprint density at radius 1 is 1.28 bits per heavy atom. The molecule has 1 aliphatic carbocycles. The molecule has 29 heavy (non-hydrogen) atoms. The minimum atomic E-state index is -4.73. The Labute approximate surface area is 164 Å². The first-order chi connectivity index (χ1) is 13.6. The fraction of sp³-hybridized carbons (Fsp3) is 0.556. The third-order valence-corrected chi connectivity index (χ3v) is 4.77.